The second-order valence-electron chi connectivity index (χ2n) is 6.32. The van der Waals surface area contributed by atoms with E-state index in [1.54, 1.807) is 17.0 Å². The van der Waals surface area contributed by atoms with Gasteiger partial charge < -0.3 is 14.9 Å². The summed E-state index contributed by atoms with van der Waals surface area (Å²) in [5, 5.41) is 13.8. The second kappa shape index (κ2) is 9.79. The third-order valence-corrected chi connectivity index (χ3v) is 4.60. The molecule has 0 saturated carbocycles. The number of carbonyl (C=O) groups excluding carboxylic acids is 2. The van der Waals surface area contributed by atoms with E-state index in [0.717, 1.165) is 44.5 Å². The summed E-state index contributed by atoms with van der Waals surface area (Å²) in [7, 11) is 0. The zero-order valence-electron chi connectivity index (χ0n) is 15.6. The van der Waals surface area contributed by atoms with Gasteiger partial charge in [-0.1, -0.05) is 12.8 Å². The number of anilines is 1. The van der Waals surface area contributed by atoms with Crippen LogP contribution in [0.2, 0.25) is 0 Å². The minimum absolute atomic E-state index is 0.0674. The molecule has 1 aliphatic rings. The number of nitrogens with zero attached hydrogens (tertiary/aromatic N) is 3. The first-order valence-corrected chi connectivity index (χ1v) is 9.27. The Morgan fingerprint density at radius 2 is 1.85 bits per heavy atom. The molecule has 7 heteroatoms. The number of hydrazone groups is 1. The minimum Gasteiger partial charge on any atom is -0.507 e. The summed E-state index contributed by atoms with van der Waals surface area (Å²) in [4.78, 5) is 27.9. The number of carbonyl (C=O) groups is 2. The fourth-order valence-corrected chi connectivity index (χ4v) is 3.06. The topological polar surface area (TPSA) is 85.2 Å². The van der Waals surface area contributed by atoms with Crippen LogP contribution >= 0.6 is 0 Å². The Morgan fingerprint density at radius 3 is 2.46 bits per heavy atom. The molecule has 0 aromatic heterocycles. The summed E-state index contributed by atoms with van der Waals surface area (Å²) in [6, 6.07) is 5.23. The van der Waals surface area contributed by atoms with Crippen LogP contribution in [0.25, 0.3) is 0 Å². The number of amides is 2. The Morgan fingerprint density at radius 1 is 1.19 bits per heavy atom. The molecule has 1 aromatic rings. The molecule has 2 rings (SSSR count). The molecule has 1 fully saturated rings. The quantitative estimate of drug-likeness (QED) is 0.478. The maximum Gasteiger partial charge on any atom is 0.329 e. The van der Waals surface area contributed by atoms with E-state index < -0.39 is 11.8 Å². The monoisotopic (exact) mass is 360 g/mol. The van der Waals surface area contributed by atoms with Crippen molar-refractivity contribution in [2.24, 2.45) is 5.10 Å². The summed E-state index contributed by atoms with van der Waals surface area (Å²) in [6.45, 7) is 7.03. The van der Waals surface area contributed by atoms with Crippen LogP contribution in [0.3, 0.4) is 0 Å². The van der Waals surface area contributed by atoms with Crippen LogP contribution in [0.1, 0.15) is 45.1 Å². The van der Waals surface area contributed by atoms with Crippen molar-refractivity contribution in [3.8, 4) is 5.75 Å². The molecule has 1 aliphatic heterocycles. The number of phenols is 1. The minimum atomic E-state index is -0.748. The number of benzene rings is 1. The predicted molar refractivity (Wildman–Crippen MR) is 102 cm³/mol. The molecule has 2 amide bonds. The number of likely N-dealkylation sites (tertiary alicyclic amines) is 1. The summed E-state index contributed by atoms with van der Waals surface area (Å²) < 4.78 is 0. The van der Waals surface area contributed by atoms with Crippen LogP contribution in [-0.2, 0) is 9.59 Å². The molecule has 0 atom stereocenters. The van der Waals surface area contributed by atoms with Gasteiger partial charge >= 0.3 is 11.8 Å². The Bertz CT molecular complexity index is 648. The van der Waals surface area contributed by atoms with E-state index in [0.29, 0.717) is 18.7 Å². The highest BCUT2D eigenvalue weighted by Crippen LogP contribution is 2.22. The molecular weight excluding hydrogens is 332 g/mol. The van der Waals surface area contributed by atoms with E-state index in [2.05, 4.69) is 29.3 Å². The molecule has 2 N–H and O–H groups in total. The molecule has 0 spiro atoms. The lowest BCUT2D eigenvalue weighted by molar-refractivity contribution is -0.145. The van der Waals surface area contributed by atoms with Gasteiger partial charge in [-0.2, -0.15) is 5.10 Å². The molecule has 7 nitrogen and oxygen atoms in total. The first kappa shape index (κ1) is 19.8. The maximum absolute atomic E-state index is 12.2. The summed E-state index contributed by atoms with van der Waals surface area (Å²) >= 11 is 0. The van der Waals surface area contributed by atoms with Gasteiger partial charge in [-0.15, -0.1) is 0 Å². The Hall–Kier alpha value is -2.57. The SMILES string of the molecule is CCN(CC)c1ccc(O)c(C=NNC(=O)C(=O)N2CCCCCC2)c1. The summed E-state index contributed by atoms with van der Waals surface area (Å²) in [5.41, 5.74) is 3.71. The molecule has 0 radical (unpaired) electrons. The average Bonchev–Trinajstić information content (AvgIpc) is 2.93. The molecule has 26 heavy (non-hydrogen) atoms. The Kier molecular flexibility index (Phi) is 7.44. The van der Waals surface area contributed by atoms with Crippen LogP contribution < -0.4 is 10.3 Å². The lowest BCUT2D eigenvalue weighted by Gasteiger charge is -2.21. The van der Waals surface area contributed by atoms with Gasteiger partial charge in [-0.05, 0) is 44.9 Å². The fraction of sp³-hybridized carbons (Fsp3) is 0.526. The van der Waals surface area contributed by atoms with Crippen molar-refractivity contribution in [2.75, 3.05) is 31.1 Å². The average molecular weight is 360 g/mol. The van der Waals surface area contributed by atoms with Crippen LogP contribution in [0.15, 0.2) is 23.3 Å². The zero-order valence-corrected chi connectivity index (χ0v) is 15.6. The molecule has 0 unspecified atom stereocenters. The number of phenolic OH excluding ortho intramolecular Hbond substituents is 1. The second-order valence-corrected chi connectivity index (χ2v) is 6.32. The van der Waals surface area contributed by atoms with Gasteiger partial charge in [0.15, 0.2) is 0 Å². The van der Waals surface area contributed by atoms with Crippen LogP contribution in [0, 0.1) is 0 Å². The number of aromatic hydroxyl groups is 1. The molecule has 142 valence electrons. The molecule has 1 saturated heterocycles. The third-order valence-electron chi connectivity index (χ3n) is 4.60. The number of nitrogens with one attached hydrogen (secondary N) is 1. The van der Waals surface area contributed by atoms with E-state index >= 15 is 0 Å². The van der Waals surface area contributed by atoms with Crippen LogP contribution in [0.4, 0.5) is 5.69 Å². The van der Waals surface area contributed by atoms with Crippen molar-refractivity contribution in [3.05, 3.63) is 23.8 Å². The molecule has 0 aliphatic carbocycles. The molecule has 0 bridgehead atoms. The van der Waals surface area contributed by atoms with Crippen molar-refractivity contribution in [1.29, 1.82) is 0 Å². The Balaban J connectivity index is 1.99. The zero-order chi connectivity index (χ0) is 18.9. The molecule has 1 aromatic carbocycles. The number of hydrogen-bond donors (Lipinski definition) is 2. The highest BCUT2D eigenvalue weighted by molar-refractivity contribution is 6.35. The van der Waals surface area contributed by atoms with Crippen molar-refractivity contribution < 1.29 is 14.7 Å². The maximum atomic E-state index is 12.2. The van der Waals surface area contributed by atoms with Gasteiger partial charge in [0.2, 0.25) is 0 Å². The number of rotatable bonds is 5. The van der Waals surface area contributed by atoms with Gasteiger partial charge in [0.25, 0.3) is 0 Å². The van der Waals surface area contributed by atoms with E-state index in [1.165, 1.54) is 6.21 Å². The van der Waals surface area contributed by atoms with Crippen molar-refractivity contribution in [1.82, 2.24) is 10.3 Å². The normalized spacial score (nSPS) is 14.9. The highest BCUT2D eigenvalue weighted by atomic mass is 16.3. The van der Waals surface area contributed by atoms with E-state index in [9.17, 15) is 14.7 Å². The lowest BCUT2D eigenvalue weighted by Crippen LogP contribution is -2.41. The molecule has 1 heterocycles. The highest BCUT2D eigenvalue weighted by Gasteiger charge is 2.22. The van der Waals surface area contributed by atoms with Gasteiger partial charge in [0.1, 0.15) is 5.75 Å². The number of hydrogen-bond acceptors (Lipinski definition) is 5. The Labute approximate surface area is 154 Å². The van der Waals surface area contributed by atoms with Crippen molar-refractivity contribution in [3.63, 3.8) is 0 Å². The van der Waals surface area contributed by atoms with Gasteiger partial charge in [0.05, 0.1) is 6.21 Å². The third kappa shape index (κ3) is 5.21. The fourth-order valence-electron chi connectivity index (χ4n) is 3.06. The largest absolute Gasteiger partial charge is 0.507 e. The first-order chi connectivity index (χ1) is 12.6. The van der Waals surface area contributed by atoms with E-state index in [-0.39, 0.29) is 5.75 Å². The predicted octanol–water partition coefficient (Wildman–Crippen LogP) is 2.09. The summed E-state index contributed by atoms with van der Waals surface area (Å²) in [6.07, 6.45) is 5.38. The van der Waals surface area contributed by atoms with Gasteiger partial charge in [-0.3, -0.25) is 9.59 Å². The lowest BCUT2D eigenvalue weighted by atomic mass is 10.1. The molecular formula is C19H28N4O3. The first-order valence-electron chi connectivity index (χ1n) is 9.27. The van der Waals surface area contributed by atoms with Crippen molar-refractivity contribution >= 4 is 23.7 Å². The van der Waals surface area contributed by atoms with Crippen LogP contribution in [0.5, 0.6) is 5.75 Å². The smallest absolute Gasteiger partial charge is 0.329 e. The standard InChI is InChI=1S/C19H28N4O3/c1-3-22(4-2)16-9-10-17(24)15(13-16)14-20-21-18(25)19(26)23-11-7-5-6-8-12-23/h9-10,13-14,24H,3-8,11-12H2,1-2H3,(H,21,25). The summed E-state index contributed by atoms with van der Waals surface area (Å²) in [5.74, 6) is -1.23. The van der Waals surface area contributed by atoms with Crippen LogP contribution in [-0.4, -0.2) is 54.2 Å². The van der Waals surface area contributed by atoms with Crippen molar-refractivity contribution in [2.45, 2.75) is 39.5 Å². The van der Waals surface area contributed by atoms with Gasteiger partial charge in [0, 0.05) is 37.4 Å². The van der Waals surface area contributed by atoms with E-state index in [4.69, 9.17) is 0 Å². The van der Waals surface area contributed by atoms with Gasteiger partial charge in [-0.25, -0.2) is 5.43 Å². The van der Waals surface area contributed by atoms with E-state index in [1.807, 2.05) is 6.07 Å².